The van der Waals surface area contributed by atoms with Crippen LogP contribution in [0.4, 0.5) is 13.2 Å². The Labute approximate surface area is 266 Å². The second-order valence-corrected chi connectivity index (χ2v) is 11.4. The van der Waals surface area contributed by atoms with Gasteiger partial charge in [0.25, 0.3) is 0 Å². The van der Waals surface area contributed by atoms with E-state index in [-0.39, 0.29) is 73.4 Å². The summed E-state index contributed by atoms with van der Waals surface area (Å²) >= 11 is 0. The van der Waals surface area contributed by atoms with E-state index in [1.165, 1.54) is 7.11 Å². The van der Waals surface area contributed by atoms with Crippen molar-refractivity contribution in [3.8, 4) is 17.8 Å². The van der Waals surface area contributed by atoms with Crippen molar-refractivity contribution in [2.24, 2.45) is 0 Å². The molecule has 2 saturated heterocycles. The maximum Gasteiger partial charge on any atom is 0.422 e. The summed E-state index contributed by atoms with van der Waals surface area (Å²) in [6.07, 6.45) is -4.53. The van der Waals surface area contributed by atoms with Crippen molar-refractivity contribution in [2.45, 2.75) is 44.1 Å². The van der Waals surface area contributed by atoms with E-state index in [1.54, 1.807) is 11.8 Å². The van der Waals surface area contributed by atoms with Crippen LogP contribution in [-0.4, -0.2) is 114 Å². The second-order valence-electron chi connectivity index (χ2n) is 11.4. The normalized spacial score (nSPS) is 19.2. The number of aliphatic hydroxyl groups is 1. The van der Waals surface area contributed by atoms with Gasteiger partial charge in [-0.2, -0.15) is 23.1 Å². The molecule has 0 radical (unpaired) electrons. The van der Waals surface area contributed by atoms with Crippen LogP contribution in [0, 0.1) is 0 Å². The number of nitrogens with zero attached hydrogens (tertiary/aromatic N) is 5. The minimum absolute atomic E-state index is 0.0354. The highest BCUT2D eigenvalue weighted by atomic mass is 19.4. The largest absolute Gasteiger partial charge is 0.481 e. The van der Waals surface area contributed by atoms with Crippen molar-refractivity contribution in [1.82, 2.24) is 24.7 Å². The molecule has 2 fully saturated rings. The third-order valence-corrected chi connectivity index (χ3v) is 8.38. The van der Waals surface area contributed by atoms with Crippen molar-refractivity contribution in [3.05, 3.63) is 77.4 Å². The van der Waals surface area contributed by atoms with Crippen molar-refractivity contribution < 1.29 is 37.3 Å². The van der Waals surface area contributed by atoms with Crippen LogP contribution in [0.25, 0.3) is 0 Å². The Morgan fingerprint density at radius 3 is 2.20 bits per heavy atom. The number of amides is 1. The average Bonchev–Trinajstić information content (AvgIpc) is 3.05. The smallest absolute Gasteiger partial charge is 0.422 e. The fourth-order valence-electron chi connectivity index (χ4n) is 6.49. The number of hydrogen-bond acceptors (Lipinski definition) is 9. The predicted octanol–water partition coefficient (Wildman–Crippen LogP) is 3.74. The van der Waals surface area contributed by atoms with Gasteiger partial charge in [0.05, 0.1) is 25.9 Å². The van der Waals surface area contributed by atoms with Gasteiger partial charge in [-0.15, -0.1) is 0 Å². The Hall–Kier alpha value is -3.94. The molecule has 46 heavy (non-hydrogen) atoms. The highest BCUT2D eigenvalue weighted by Crippen LogP contribution is 2.38. The molecule has 1 amide bonds. The van der Waals surface area contributed by atoms with Crippen LogP contribution >= 0.6 is 0 Å². The van der Waals surface area contributed by atoms with E-state index in [0.29, 0.717) is 32.7 Å². The molecule has 2 aliphatic rings. The van der Waals surface area contributed by atoms with Gasteiger partial charge in [0.1, 0.15) is 0 Å². The van der Waals surface area contributed by atoms with E-state index < -0.39 is 12.8 Å². The molecule has 0 unspecified atom stereocenters. The summed E-state index contributed by atoms with van der Waals surface area (Å²) in [6, 6.07) is 20.2. The lowest BCUT2D eigenvalue weighted by atomic mass is 9.81. The van der Waals surface area contributed by atoms with Gasteiger partial charge in [0.15, 0.2) is 6.61 Å². The number of methoxy groups -OCH3 is 1. The highest BCUT2D eigenvalue weighted by molar-refractivity contribution is 5.76. The first kappa shape index (κ1) is 33.4. The molecule has 0 aliphatic carbocycles. The summed E-state index contributed by atoms with van der Waals surface area (Å²) in [5.41, 5.74) is 2.55. The van der Waals surface area contributed by atoms with Crippen LogP contribution in [0.5, 0.6) is 17.8 Å². The van der Waals surface area contributed by atoms with Crippen LogP contribution in [0.1, 0.15) is 36.0 Å². The Morgan fingerprint density at radius 2 is 1.61 bits per heavy atom. The number of halogens is 3. The van der Waals surface area contributed by atoms with Gasteiger partial charge in [-0.3, -0.25) is 14.6 Å². The fourth-order valence-corrected chi connectivity index (χ4v) is 6.49. The van der Waals surface area contributed by atoms with Gasteiger partial charge >= 0.3 is 12.2 Å². The molecule has 2 aliphatic heterocycles. The molecule has 0 saturated carbocycles. The summed E-state index contributed by atoms with van der Waals surface area (Å²) in [7, 11) is 1.39. The molecule has 5 rings (SSSR count). The van der Waals surface area contributed by atoms with Gasteiger partial charge in [0, 0.05) is 63.7 Å². The molecule has 3 aromatic rings. The second kappa shape index (κ2) is 15.1. The molecule has 0 spiro atoms. The van der Waals surface area contributed by atoms with Gasteiger partial charge in [-0.25, -0.2) is 0 Å². The lowest BCUT2D eigenvalue weighted by Crippen LogP contribution is -2.67. The zero-order valence-corrected chi connectivity index (χ0v) is 26.0. The first-order valence-corrected chi connectivity index (χ1v) is 15.4. The SMILES string of the molecule is CCOc1nc(OC)c(CN2C[C@@H]3CN(C(=O)CCO)CCN3[C@H](C(c3ccccc3)c3ccccc3)C2)c(OCC(F)(F)F)n1. The van der Waals surface area contributed by atoms with Crippen molar-refractivity contribution in [1.29, 1.82) is 0 Å². The Kier molecular flexibility index (Phi) is 11.0. The minimum atomic E-state index is -4.58. The number of carbonyl (C=O) groups is 1. The van der Waals surface area contributed by atoms with E-state index in [1.807, 2.05) is 36.4 Å². The zero-order chi connectivity index (χ0) is 32.7. The van der Waals surface area contributed by atoms with E-state index in [4.69, 9.17) is 14.2 Å². The fraction of sp³-hybridized carbons (Fsp3) is 0.485. The van der Waals surface area contributed by atoms with Gasteiger partial charge in [-0.1, -0.05) is 60.7 Å². The van der Waals surface area contributed by atoms with Gasteiger partial charge < -0.3 is 24.2 Å². The van der Waals surface area contributed by atoms with E-state index >= 15 is 0 Å². The third kappa shape index (κ3) is 8.06. The highest BCUT2D eigenvalue weighted by Gasteiger charge is 2.43. The molecule has 13 heteroatoms. The molecular weight excluding hydrogens is 603 g/mol. The van der Waals surface area contributed by atoms with Crippen molar-refractivity contribution >= 4 is 5.91 Å². The lowest BCUT2D eigenvalue weighted by Gasteiger charge is -2.53. The Morgan fingerprint density at radius 1 is 0.957 bits per heavy atom. The maximum absolute atomic E-state index is 13.3. The Balaban J connectivity index is 1.54. The third-order valence-electron chi connectivity index (χ3n) is 8.38. The quantitative estimate of drug-likeness (QED) is 0.317. The number of aromatic nitrogens is 2. The van der Waals surface area contributed by atoms with Crippen LogP contribution < -0.4 is 14.2 Å². The topological polar surface area (TPSA) is 100 Å². The number of fused-ring (bicyclic) bond motifs is 1. The predicted molar refractivity (Wildman–Crippen MR) is 164 cm³/mol. The van der Waals surface area contributed by atoms with Crippen LogP contribution in [-0.2, 0) is 11.3 Å². The molecular formula is C33H40F3N5O5. The summed E-state index contributed by atoms with van der Waals surface area (Å²) in [4.78, 5) is 27.7. The van der Waals surface area contributed by atoms with Crippen molar-refractivity contribution in [2.75, 3.05) is 59.7 Å². The number of piperazine rings is 2. The molecule has 3 heterocycles. The summed E-state index contributed by atoms with van der Waals surface area (Å²) in [6.45, 7) is 3.03. The number of carbonyl (C=O) groups excluding carboxylic acids is 1. The van der Waals surface area contributed by atoms with Crippen LogP contribution in [0.2, 0.25) is 0 Å². The van der Waals surface area contributed by atoms with Crippen LogP contribution in [0.15, 0.2) is 60.7 Å². The molecule has 0 bridgehead atoms. The number of ether oxygens (including phenoxy) is 3. The molecule has 2 aromatic carbocycles. The number of hydrogen-bond donors (Lipinski definition) is 1. The van der Waals surface area contributed by atoms with Gasteiger partial charge in [0.2, 0.25) is 17.7 Å². The van der Waals surface area contributed by atoms with Crippen molar-refractivity contribution in [3.63, 3.8) is 0 Å². The van der Waals surface area contributed by atoms with Gasteiger partial charge in [-0.05, 0) is 18.1 Å². The lowest BCUT2D eigenvalue weighted by molar-refractivity contribution is -0.154. The number of aliphatic hydroxyl groups excluding tert-OH is 1. The molecule has 2 atom stereocenters. The zero-order valence-electron chi connectivity index (χ0n) is 26.0. The first-order valence-electron chi connectivity index (χ1n) is 15.4. The number of benzene rings is 2. The average molecular weight is 644 g/mol. The summed E-state index contributed by atoms with van der Waals surface area (Å²) < 4.78 is 56.0. The Bertz CT molecular complexity index is 1390. The number of rotatable bonds is 12. The molecule has 10 nitrogen and oxygen atoms in total. The minimum Gasteiger partial charge on any atom is -0.481 e. The van der Waals surface area contributed by atoms with E-state index in [2.05, 4.69) is 44.0 Å². The van der Waals surface area contributed by atoms with E-state index in [9.17, 15) is 23.1 Å². The standard InChI is InChI=1S/C33H40F3N5O5/c1-3-45-32-37-30(44-2)26(31(38-32)46-22-33(34,35)36)20-39-18-25-19-40(28(43)14-17-42)15-16-41(25)27(21-39)29(23-10-6-4-7-11-23)24-12-8-5-9-13-24/h4-13,25,27,29,42H,3,14-22H2,1-2H3/t25-,27+/m1/s1. The molecule has 1 N–H and O–H groups in total. The van der Waals surface area contributed by atoms with Crippen LogP contribution in [0.3, 0.4) is 0 Å². The van der Waals surface area contributed by atoms with E-state index in [0.717, 1.165) is 11.1 Å². The monoisotopic (exact) mass is 643 g/mol. The number of alkyl halides is 3. The first-order chi connectivity index (χ1) is 22.2. The summed E-state index contributed by atoms with van der Waals surface area (Å²) in [5, 5.41) is 9.41. The molecule has 248 valence electrons. The maximum atomic E-state index is 13.3. The summed E-state index contributed by atoms with van der Waals surface area (Å²) in [5.74, 6) is -0.326. The molecule has 1 aromatic heterocycles.